The predicted molar refractivity (Wildman–Crippen MR) is 88.7 cm³/mol. The van der Waals surface area contributed by atoms with Crippen molar-refractivity contribution in [3.05, 3.63) is 32.7 Å². The van der Waals surface area contributed by atoms with Gasteiger partial charge in [-0.2, -0.15) is 4.98 Å². The van der Waals surface area contributed by atoms with Gasteiger partial charge in [0.25, 0.3) is 5.56 Å². The maximum Gasteiger partial charge on any atom is 0.332 e. The van der Waals surface area contributed by atoms with Crippen LogP contribution in [0.3, 0.4) is 0 Å². The van der Waals surface area contributed by atoms with Crippen molar-refractivity contribution >= 4 is 16.9 Å². The summed E-state index contributed by atoms with van der Waals surface area (Å²) >= 11 is 0. The molecule has 0 unspecified atom stereocenters. The molecular formula is C15H21N5O4. The van der Waals surface area contributed by atoms with Crippen LogP contribution in [-0.2, 0) is 29.6 Å². The number of fused-ring (bicyclic) bond motifs is 3. The van der Waals surface area contributed by atoms with Gasteiger partial charge < -0.3 is 14.0 Å². The van der Waals surface area contributed by atoms with Crippen molar-refractivity contribution in [3.63, 3.8) is 0 Å². The van der Waals surface area contributed by atoms with E-state index in [4.69, 9.17) is 9.47 Å². The average molecular weight is 335 g/mol. The molecule has 0 aromatic carbocycles. The van der Waals surface area contributed by atoms with E-state index in [1.165, 1.54) is 16.2 Å². The third-order valence-corrected chi connectivity index (χ3v) is 4.18. The molecule has 0 radical (unpaired) electrons. The Bertz CT molecular complexity index is 1010. The Morgan fingerprint density at radius 1 is 1.08 bits per heavy atom. The summed E-state index contributed by atoms with van der Waals surface area (Å²) in [5.41, 5.74) is 0.974. The maximum absolute atomic E-state index is 12.8. The summed E-state index contributed by atoms with van der Waals surface area (Å²) in [5, 5.41) is 0. The standard InChI is InChI=1S/C15H21N5O4/c1-10-9-20-11-12(16-14(20)18(10)5-7-23-3)17(2)15(22)19(13(11)21)6-8-24-4/h9H,5-8H2,1-4H3. The van der Waals surface area contributed by atoms with E-state index in [1.807, 2.05) is 17.7 Å². The summed E-state index contributed by atoms with van der Waals surface area (Å²) < 4.78 is 16.4. The zero-order chi connectivity index (χ0) is 17.4. The minimum absolute atomic E-state index is 0.203. The van der Waals surface area contributed by atoms with E-state index in [9.17, 15) is 9.59 Å². The monoisotopic (exact) mass is 335 g/mol. The van der Waals surface area contributed by atoms with Gasteiger partial charge >= 0.3 is 5.69 Å². The topological polar surface area (TPSA) is 84.7 Å². The summed E-state index contributed by atoms with van der Waals surface area (Å²) in [6, 6.07) is 0. The van der Waals surface area contributed by atoms with Crippen LogP contribution >= 0.6 is 0 Å². The Kier molecular flexibility index (Phi) is 4.29. The average Bonchev–Trinajstić information content (AvgIpc) is 3.06. The van der Waals surface area contributed by atoms with Gasteiger partial charge in [0, 0.05) is 39.7 Å². The second-order valence-electron chi connectivity index (χ2n) is 5.66. The number of ether oxygens (including phenoxy) is 2. The molecule has 0 aliphatic carbocycles. The van der Waals surface area contributed by atoms with Crippen LogP contribution in [0.25, 0.3) is 16.9 Å². The van der Waals surface area contributed by atoms with Crippen molar-refractivity contribution in [2.75, 3.05) is 27.4 Å². The minimum atomic E-state index is -0.398. The summed E-state index contributed by atoms with van der Waals surface area (Å²) in [6.45, 7) is 3.59. The number of hydrogen-bond acceptors (Lipinski definition) is 5. The van der Waals surface area contributed by atoms with Gasteiger partial charge in [-0.05, 0) is 6.92 Å². The number of imidazole rings is 2. The van der Waals surface area contributed by atoms with E-state index in [1.54, 1.807) is 18.6 Å². The van der Waals surface area contributed by atoms with Crippen LogP contribution in [0.5, 0.6) is 0 Å². The van der Waals surface area contributed by atoms with Crippen LogP contribution < -0.4 is 11.2 Å². The molecule has 0 amide bonds. The van der Waals surface area contributed by atoms with E-state index in [2.05, 4.69) is 4.98 Å². The van der Waals surface area contributed by atoms with Crippen LogP contribution in [0, 0.1) is 6.92 Å². The highest BCUT2D eigenvalue weighted by molar-refractivity contribution is 5.75. The lowest BCUT2D eigenvalue weighted by Gasteiger charge is -2.07. The quantitative estimate of drug-likeness (QED) is 0.620. The molecule has 0 aliphatic heterocycles. The van der Waals surface area contributed by atoms with Gasteiger partial charge in [0.1, 0.15) is 0 Å². The van der Waals surface area contributed by atoms with E-state index in [-0.39, 0.29) is 18.7 Å². The second-order valence-corrected chi connectivity index (χ2v) is 5.66. The molecule has 0 spiro atoms. The van der Waals surface area contributed by atoms with Gasteiger partial charge in [-0.1, -0.05) is 0 Å². The highest BCUT2D eigenvalue weighted by Gasteiger charge is 2.19. The summed E-state index contributed by atoms with van der Waals surface area (Å²) in [4.78, 5) is 29.8. The molecule has 0 aliphatic rings. The van der Waals surface area contributed by atoms with Gasteiger partial charge in [0.2, 0.25) is 5.78 Å². The van der Waals surface area contributed by atoms with Crippen molar-refractivity contribution < 1.29 is 9.47 Å². The first-order valence-corrected chi connectivity index (χ1v) is 7.66. The Morgan fingerprint density at radius 2 is 1.71 bits per heavy atom. The van der Waals surface area contributed by atoms with Crippen molar-refractivity contribution in [3.8, 4) is 0 Å². The number of methoxy groups -OCH3 is 2. The third-order valence-electron chi connectivity index (χ3n) is 4.18. The molecule has 0 N–H and O–H groups in total. The van der Waals surface area contributed by atoms with Crippen molar-refractivity contribution in [1.29, 1.82) is 0 Å². The molecule has 0 saturated carbocycles. The van der Waals surface area contributed by atoms with Crippen molar-refractivity contribution in [1.82, 2.24) is 23.1 Å². The molecular weight excluding hydrogens is 314 g/mol. The smallest absolute Gasteiger partial charge is 0.332 e. The molecule has 9 heteroatoms. The van der Waals surface area contributed by atoms with Crippen LogP contribution in [0.15, 0.2) is 15.8 Å². The first-order chi connectivity index (χ1) is 11.5. The molecule has 0 saturated heterocycles. The number of aryl methyl sites for hydroxylation is 2. The lowest BCUT2D eigenvalue weighted by atomic mass is 10.4. The first-order valence-electron chi connectivity index (χ1n) is 7.66. The Hall–Kier alpha value is -2.39. The van der Waals surface area contributed by atoms with Crippen LogP contribution in [0.4, 0.5) is 0 Å². The van der Waals surface area contributed by atoms with Gasteiger partial charge in [-0.25, -0.2) is 4.79 Å². The molecule has 3 aromatic rings. The summed E-state index contributed by atoms with van der Waals surface area (Å²) in [6.07, 6.45) is 1.85. The van der Waals surface area contributed by atoms with E-state index >= 15 is 0 Å². The number of hydrogen-bond donors (Lipinski definition) is 0. The van der Waals surface area contributed by atoms with Gasteiger partial charge in [-0.15, -0.1) is 0 Å². The second kappa shape index (κ2) is 6.25. The van der Waals surface area contributed by atoms with E-state index in [0.29, 0.717) is 30.1 Å². The fourth-order valence-corrected chi connectivity index (χ4v) is 2.89. The molecule has 130 valence electrons. The lowest BCUT2D eigenvalue weighted by Crippen LogP contribution is -2.40. The summed E-state index contributed by atoms with van der Waals surface area (Å²) in [7, 11) is 4.78. The third kappa shape index (κ3) is 2.36. The SMILES string of the molecule is COCCn1c(=O)c2c(nc3n(CCOC)c(C)cn23)n(C)c1=O. The zero-order valence-electron chi connectivity index (χ0n) is 14.3. The Morgan fingerprint density at radius 3 is 2.33 bits per heavy atom. The Balaban J connectivity index is 2.33. The highest BCUT2D eigenvalue weighted by Crippen LogP contribution is 2.15. The largest absolute Gasteiger partial charge is 0.383 e. The Labute approximate surface area is 137 Å². The van der Waals surface area contributed by atoms with Gasteiger partial charge in [0.15, 0.2) is 11.2 Å². The van der Waals surface area contributed by atoms with Crippen LogP contribution in [0.1, 0.15) is 5.69 Å². The fraction of sp³-hybridized carbons (Fsp3) is 0.533. The fourth-order valence-electron chi connectivity index (χ4n) is 2.89. The first kappa shape index (κ1) is 16.5. The number of aromatic nitrogens is 5. The molecule has 9 nitrogen and oxygen atoms in total. The molecule has 3 heterocycles. The molecule has 24 heavy (non-hydrogen) atoms. The predicted octanol–water partition coefficient (Wildman–Crippen LogP) is -0.249. The van der Waals surface area contributed by atoms with Crippen molar-refractivity contribution in [2.24, 2.45) is 7.05 Å². The zero-order valence-corrected chi connectivity index (χ0v) is 14.3. The van der Waals surface area contributed by atoms with Gasteiger partial charge in [-0.3, -0.25) is 18.3 Å². The lowest BCUT2D eigenvalue weighted by molar-refractivity contribution is 0.184. The van der Waals surface area contributed by atoms with Crippen LogP contribution in [0.2, 0.25) is 0 Å². The summed E-state index contributed by atoms with van der Waals surface area (Å²) in [5.74, 6) is 0.621. The highest BCUT2D eigenvalue weighted by atomic mass is 16.5. The number of rotatable bonds is 6. The minimum Gasteiger partial charge on any atom is -0.383 e. The molecule has 3 aromatic heterocycles. The van der Waals surface area contributed by atoms with Gasteiger partial charge in [0.05, 0.1) is 19.8 Å². The van der Waals surface area contributed by atoms with Crippen LogP contribution in [-0.4, -0.2) is 50.5 Å². The molecule has 0 atom stereocenters. The van der Waals surface area contributed by atoms with Crippen molar-refractivity contribution in [2.45, 2.75) is 20.0 Å². The van der Waals surface area contributed by atoms with E-state index < -0.39 is 5.69 Å². The number of nitrogens with zero attached hydrogens (tertiary/aromatic N) is 5. The normalized spacial score (nSPS) is 11.8. The molecule has 0 fully saturated rings. The maximum atomic E-state index is 12.8. The molecule has 3 rings (SSSR count). The molecule has 0 bridgehead atoms. The van der Waals surface area contributed by atoms with E-state index in [0.717, 1.165) is 5.69 Å².